The number of rotatable bonds is 7. The van der Waals surface area contributed by atoms with Crippen molar-refractivity contribution in [2.75, 3.05) is 13.2 Å². The van der Waals surface area contributed by atoms with Crippen LogP contribution in [0.3, 0.4) is 0 Å². The van der Waals surface area contributed by atoms with E-state index in [0.29, 0.717) is 0 Å². The third-order valence-electron chi connectivity index (χ3n) is 3.65. The number of hydrogen-bond acceptors (Lipinski definition) is 3. The van der Waals surface area contributed by atoms with Gasteiger partial charge in [0.05, 0.1) is 5.56 Å². The summed E-state index contributed by atoms with van der Waals surface area (Å²) in [6.45, 7) is 3.80. The molecule has 0 spiro atoms. The van der Waals surface area contributed by atoms with Gasteiger partial charge in [-0.2, -0.15) is 0 Å². The zero-order chi connectivity index (χ0) is 19.5. The molecular weight excluding hydrogens is 375 g/mol. The highest BCUT2D eigenvalue weighted by atomic mass is 28.2. The van der Waals surface area contributed by atoms with Crippen molar-refractivity contribution in [2.45, 2.75) is 19.8 Å². The van der Waals surface area contributed by atoms with Crippen molar-refractivity contribution in [3.8, 4) is 11.1 Å². The molecule has 9 heteroatoms. The van der Waals surface area contributed by atoms with Crippen molar-refractivity contribution in [2.24, 2.45) is 0 Å². The first-order valence-electron chi connectivity index (χ1n) is 7.78. The molecule has 2 aromatic rings. The van der Waals surface area contributed by atoms with Crippen molar-refractivity contribution >= 4 is 10.5 Å². The third-order valence-corrected chi connectivity index (χ3v) is 4.19. The molecule has 0 saturated heterocycles. The van der Waals surface area contributed by atoms with E-state index < -0.39 is 40.6 Å². The average Bonchev–Trinajstić information content (AvgIpc) is 2.65. The molecule has 0 fully saturated rings. The molecule has 0 aliphatic carbocycles. The summed E-state index contributed by atoms with van der Waals surface area (Å²) in [4.78, 5) is 0. The van der Waals surface area contributed by atoms with Crippen LogP contribution in [0.4, 0.5) is 22.0 Å². The van der Waals surface area contributed by atoms with Gasteiger partial charge in [0.2, 0.25) is 5.82 Å². The fraction of sp³-hybridized carbons (Fsp3) is 0.294. The van der Waals surface area contributed by atoms with Gasteiger partial charge >= 0.3 is 5.97 Å². The zero-order valence-electron chi connectivity index (χ0n) is 14.3. The van der Waals surface area contributed by atoms with Crippen LogP contribution in [-0.2, 0) is 19.9 Å². The lowest BCUT2D eigenvalue weighted by atomic mass is 10.0. The summed E-state index contributed by atoms with van der Waals surface area (Å²) in [6.07, 6.45) is 0. The lowest BCUT2D eigenvalue weighted by Crippen LogP contribution is -2.36. The highest BCUT2D eigenvalue weighted by Gasteiger charge is 2.35. The summed E-state index contributed by atoms with van der Waals surface area (Å²) in [5.74, 6) is -11.7. The van der Waals surface area contributed by atoms with E-state index in [1.54, 1.807) is 13.8 Å². The molecule has 0 amide bonds. The second-order valence-corrected chi connectivity index (χ2v) is 5.56. The first kappa shape index (κ1) is 20.5. The Kier molecular flexibility index (Phi) is 6.51. The largest absolute Gasteiger partial charge is 0.376 e. The van der Waals surface area contributed by atoms with E-state index in [4.69, 9.17) is 13.9 Å². The van der Waals surface area contributed by atoms with E-state index in [9.17, 15) is 22.0 Å². The quantitative estimate of drug-likeness (QED) is 0.237. The Bertz CT molecular complexity index is 765. The van der Waals surface area contributed by atoms with Crippen LogP contribution in [0, 0.1) is 29.1 Å². The first-order chi connectivity index (χ1) is 12.3. The molecular formula is C17H17F5O3Si. The Morgan fingerprint density at radius 1 is 0.846 bits per heavy atom. The van der Waals surface area contributed by atoms with Gasteiger partial charge in [0, 0.05) is 18.8 Å². The van der Waals surface area contributed by atoms with E-state index in [2.05, 4.69) is 0 Å². The molecule has 0 saturated carbocycles. The lowest BCUT2D eigenvalue weighted by molar-refractivity contribution is -0.352. The number of benzene rings is 2. The van der Waals surface area contributed by atoms with Crippen LogP contribution in [0.5, 0.6) is 0 Å². The smallest absolute Gasteiger partial charge is 0.301 e. The van der Waals surface area contributed by atoms with E-state index in [1.165, 1.54) is 24.3 Å². The second-order valence-electron chi connectivity index (χ2n) is 5.15. The van der Waals surface area contributed by atoms with Gasteiger partial charge in [-0.3, -0.25) is 0 Å². The molecule has 3 nitrogen and oxygen atoms in total. The van der Waals surface area contributed by atoms with E-state index >= 15 is 0 Å². The third kappa shape index (κ3) is 3.52. The molecule has 0 aliphatic heterocycles. The molecule has 2 rings (SSSR count). The Hall–Kier alpha value is -1.81. The summed E-state index contributed by atoms with van der Waals surface area (Å²) in [5, 5.41) is 0. The molecule has 142 valence electrons. The van der Waals surface area contributed by atoms with Crippen LogP contribution in [0.25, 0.3) is 11.1 Å². The van der Waals surface area contributed by atoms with Gasteiger partial charge in [-0.15, -0.1) is 0 Å². The molecule has 0 bridgehead atoms. The highest BCUT2D eigenvalue weighted by Crippen LogP contribution is 2.35. The van der Waals surface area contributed by atoms with Gasteiger partial charge in [0.25, 0.3) is 0 Å². The van der Waals surface area contributed by atoms with Gasteiger partial charge in [-0.05, 0) is 25.5 Å². The summed E-state index contributed by atoms with van der Waals surface area (Å²) in [6, 6.07) is 5.33. The fourth-order valence-corrected chi connectivity index (χ4v) is 3.02. The Balaban J connectivity index is 2.68. The molecule has 0 aliphatic rings. The van der Waals surface area contributed by atoms with Gasteiger partial charge in [0.15, 0.2) is 33.8 Å². The molecule has 0 unspecified atom stereocenters. The highest BCUT2D eigenvalue weighted by molar-refractivity contribution is 5.98. The lowest BCUT2D eigenvalue weighted by Gasteiger charge is -2.32. The molecule has 26 heavy (non-hydrogen) atoms. The van der Waals surface area contributed by atoms with Gasteiger partial charge in [0.1, 0.15) is 0 Å². The number of hydrogen-bond donors (Lipinski definition) is 0. The molecule has 0 aromatic heterocycles. The Morgan fingerprint density at radius 2 is 1.35 bits per heavy atom. The normalized spacial score (nSPS) is 12.0. The summed E-state index contributed by atoms with van der Waals surface area (Å²) < 4.78 is 84.9. The summed E-state index contributed by atoms with van der Waals surface area (Å²) in [7, 11) is 0.202. The first-order valence-corrected chi connectivity index (χ1v) is 8.59. The second kappa shape index (κ2) is 8.25. The summed E-state index contributed by atoms with van der Waals surface area (Å²) >= 11 is 0. The predicted octanol–water partition coefficient (Wildman–Crippen LogP) is 3.53. The van der Waals surface area contributed by atoms with Gasteiger partial charge in [-0.25, -0.2) is 22.0 Å². The van der Waals surface area contributed by atoms with Gasteiger partial charge in [-0.1, -0.05) is 18.2 Å². The van der Waals surface area contributed by atoms with Crippen LogP contribution in [0.1, 0.15) is 19.4 Å². The minimum Gasteiger partial charge on any atom is -0.376 e. The van der Waals surface area contributed by atoms with Gasteiger partial charge < -0.3 is 13.9 Å². The molecule has 0 atom stereocenters. The van der Waals surface area contributed by atoms with Crippen LogP contribution in [0.15, 0.2) is 24.3 Å². The predicted molar refractivity (Wildman–Crippen MR) is 87.6 cm³/mol. The van der Waals surface area contributed by atoms with Crippen LogP contribution >= 0.6 is 0 Å². The number of halogens is 5. The fourth-order valence-electron chi connectivity index (χ4n) is 2.55. The summed E-state index contributed by atoms with van der Waals surface area (Å²) in [5.41, 5.74) is -1.02. The number of ether oxygens (including phenoxy) is 2. The van der Waals surface area contributed by atoms with Crippen LogP contribution < -0.4 is 0 Å². The monoisotopic (exact) mass is 392 g/mol. The maximum Gasteiger partial charge on any atom is 0.301 e. The van der Waals surface area contributed by atoms with Crippen molar-refractivity contribution in [3.63, 3.8) is 0 Å². The topological polar surface area (TPSA) is 27.7 Å². The van der Waals surface area contributed by atoms with Crippen molar-refractivity contribution in [3.05, 3.63) is 58.9 Å². The standard InChI is InChI=1S/C17H17F5O3Si/c1-3-23-17(25-26,24-4-2)10-7-5-6-9(8-10)11-12(18)14(20)16(22)15(21)13(11)19/h5-8H,3-4H2,1-2,26H3. The average molecular weight is 392 g/mol. The molecule has 2 aromatic carbocycles. The maximum atomic E-state index is 14.1. The van der Waals surface area contributed by atoms with Crippen molar-refractivity contribution in [1.82, 2.24) is 0 Å². The Labute approximate surface area is 150 Å². The zero-order valence-corrected chi connectivity index (χ0v) is 16.3. The Morgan fingerprint density at radius 3 is 1.81 bits per heavy atom. The van der Waals surface area contributed by atoms with E-state index in [1.807, 2.05) is 0 Å². The van der Waals surface area contributed by atoms with Crippen molar-refractivity contribution < 1.29 is 35.9 Å². The molecule has 0 heterocycles. The minimum absolute atomic E-state index is 0.202. The van der Waals surface area contributed by atoms with Crippen molar-refractivity contribution in [1.29, 1.82) is 0 Å². The molecule has 0 radical (unpaired) electrons. The van der Waals surface area contributed by atoms with E-state index in [0.717, 1.165) is 0 Å². The molecule has 0 N–H and O–H groups in total. The van der Waals surface area contributed by atoms with Crippen LogP contribution in [-0.4, -0.2) is 23.7 Å². The maximum absolute atomic E-state index is 14.1. The SMILES string of the molecule is CCOC(O[SiH3])(OCC)c1cccc(-c2c(F)c(F)c(F)c(F)c2F)c1. The van der Waals surface area contributed by atoms with Crippen LogP contribution in [0.2, 0.25) is 0 Å². The van der Waals surface area contributed by atoms with E-state index in [-0.39, 0.29) is 34.8 Å². The minimum atomic E-state index is -2.21.